The lowest BCUT2D eigenvalue weighted by molar-refractivity contribution is 0.907. The van der Waals surface area contributed by atoms with Crippen LogP contribution in [0.5, 0.6) is 0 Å². The van der Waals surface area contributed by atoms with Gasteiger partial charge in [0, 0.05) is 18.9 Å². The summed E-state index contributed by atoms with van der Waals surface area (Å²) in [4.78, 5) is 18.4. The minimum absolute atomic E-state index is 0.454. The number of H-pyrrole nitrogens is 1. The maximum Gasteiger partial charge on any atom is 0.363 e. The largest absolute Gasteiger partial charge is 0.364 e. The van der Waals surface area contributed by atoms with E-state index in [4.69, 9.17) is 0 Å². The SMILES string of the molecule is O=c1nc(NCc2ccncc2)cn[nH]1. The molecule has 0 spiro atoms. The molecule has 2 rings (SSSR count). The fourth-order valence-electron chi connectivity index (χ4n) is 1.09. The first-order valence-corrected chi connectivity index (χ1v) is 4.39. The van der Waals surface area contributed by atoms with E-state index in [1.165, 1.54) is 6.20 Å². The third kappa shape index (κ3) is 2.60. The molecule has 0 saturated heterocycles. The van der Waals surface area contributed by atoms with Crippen LogP contribution >= 0.6 is 0 Å². The van der Waals surface area contributed by atoms with E-state index < -0.39 is 5.69 Å². The number of nitrogens with one attached hydrogen (secondary N) is 2. The van der Waals surface area contributed by atoms with Crippen LogP contribution in [0.4, 0.5) is 5.82 Å². The summed E-state index contributed by atoms with van der Waals surface area (Å²) in [6, 6.07) is 3.77. The number of hydrogen-bond acceptors (Lipinski definition) is 5. The van der Waals surface area contributed by atoms with Gasteiger partial charge in [0.15, 0.2) is 5.82 Å². The Balaban J connectivity index is 2.02. The molecule has 0 atom stereocenters. The predicted molar refractivity (Wildman–Crippen MR) is 54.2 cm³/mol. The summed E-state index contributed by atoms with van der Waals surface area (Å²) in [5.74, 6) is 0.454. The average molecular weight is 203 g/mol. The Hall–Kier alpha value is -2.24. The minimum Gasteiger partial charge on any atom is -0.364 e. The highest BCUT2D eigenvalue weighted by Gasteiger charge is 1.95. The topological polar surface area (TPSA) is 83.6 Å². The first-order valence-electron chi connectivity index (χ1n) is 4.39. The zero-order valence-corrected chi connectivity index (χ0v) is 7.84. The van der Waals surface area contributed by atoms with E-state index in [1.54, 1.807) is 12.4 Å². The van der Waals surface area contributed by atoms with Crippen molar-refractivity contribution in [2.24, 2.45) is 0 Å². The van der Waals surface area contributed by atoms with Crippen molar-refractivity contribution in [3.8, 4) is 0 Å². The molecule has 15 heavy (non-hydrogen) atoms. The first-order chi connectivity index (χ1) is 7.34. The monoisotopic (exact) mass is 203 g/mol. The van der Waals surface area contributed by atoms with Crippen LogP contribution in [-0.2, 0) is 6.54 Å². The number of aromatic amines is 1. The molecule has 6 heteroatoms. The summed E-state index contributed by atoms with van der Waals surface area (Å²) in [6.45, 7) is 0.584. The van der Waals surface area contributed by atoms with E-state index in [9.17, 15) is 4.79 Å². The minimum atomic E-state index is -0.463. The Morgan fingerprint density at radius 3 is 2.87 bits per heavy atom. The second kappa shape index (κ2) is 4.32. The van der Waals surface area contributed by atoms with Crippen molar-refractivity contribution in [3.63, 3.8) is 0 Å². The van der Waals surface area contributed by atoms with E-state index in [0.29, 0.717) is 12.4 Å². The molecular weight excluding hydrogens is 194 g/mol. The Kier molecular flexibility index (Phi) is 2.68. The summed E-state index contributed by atoms with van der Waals surface area (Å²) in [5, 5.41) is 8.81. The van der Waals surface area contributed by atoms with Gasteiger partial charge in [0.1, 0.15) is 0 Å². The molecule has 0 fully saturated rings. The van der Waals surface area contributed by atoms with Crippen molar-refractivity contribution in [3.05, 3.63) is 46.8 Å². The number of aromatic nitrogens is 4. The molecule has 2 N–H and O–H groups in total. The maximum absolute atomic E-state index is 10.8. The third-order valence-corrected chi connectivity index (χ3v) is 1.79. The predicted octanol–water partition coefficient (Wildman–Crippen LogP) is 0.172. The van der Waals surface area contributed by atoms with Crippen LogP contribution in [0.25, 0.3) is 0 Å². The summed E-state index contributed by atoms with van der Waals surface area (Å²) < 4.78 is 0. The van der Waals surface area contributed by atoms with Crippen molar-refractivity contribution in [2.45, 2.75) is 6.54 Å². The fourth-order valence-corrected chi connectivity index (χ4v) is 1.09. The van der Waals surface area contributed by atoms with Crippen molar-refractivity contribution < 1.29 is 0 Å². The van der Waals surface area contributed by atoms with Gasteiger partial charge in [0.2, 0.25) is 0 Å². The normalized spacial score (nSPS) is 9.87. The van der Waals surface area contributed by atoms with Crippen LogP contribution in [0.15, 0.2) is 35.5 Å². The average Bonchev–Trinajstić information content (AvgIpc) is 2.28. The summed E-state index contributed by atoms with van der Waals surface area (Å²) in [5.41, 5.74) is 0.599. The van der Waals surface area contributed by atoms with E-state index in [-0.39, 0.29) is 0 Å². The van der Waals surface area contributed by atoms with Crippen molar-refractivity contribution in [1.82, 2.24) is 20.2 Å². The highest BCUT2D eigenvalue weighted by atomic mass is 16.1. The van der Waals surface area contributed by atoms with E-state index in [0.717, 1.165) is 5.56 Å². The van der Waals surface area contributed by atoms with Gasteiger partial charge in [-0.15, -0.1) is 0 Å². The van der Waals surface area contributed by atoms with Gasteiger partial charge < -0.3 is 5.32 Å². The molecule has 0 amide bonds. The summed E-state index contributed by atoms with van der Waals surface area (Å²) >= 11 is 0. The van der Waals surface area contributed by atoms with Gasteiger partial charge in [-0.25, -0.2) is 9.89 Å². The Labute approximate surface area is 85.4 Å². The van der Waals surface area contributed by atoms with E-state index >= 15 is 0 Å². The lowest BCUT2D eigenvalue weighted by Crippen LogP contribution is -2.14. The molecule has 0 aliphatic carbocycles. The molecular formula is C9H9N5O. The van der Waals surface area contributed by atoms with Gasteiger partial charge in [-0.05, 0) is 17.7 Å². The molecule has 2 aromatic rings. The molecule has 0 aliphatic heterocycles. The molecule has 0 aliphatic rings. The molecule has 2 heterocycles. The zero-order chi connectivity index (χ0) is 10.5. The number of pyridine rings is 1. The number of nitrogens with zero attached hydrogens (tertiary/aromatic N) is 3. The van der Waals surface area contributed by atoms with Gasteiger partial charge >= 0.3 is 5.69 Å². The molecule has 0 bridgehead atoms. The van der Waals surface area contributed by atoms with Crippen LogP contribution in [0.3, 0.4) is 0 Å². The summed E-state index contributed by atoms with van der Waals surface area (Å²) in [6.07, 6.45) is 4.88. The standard InChI is InChI=1S/C9H9N5O/c15-9-13-8(6-12-14-9)11-5-7-1-3-10-4-2-7/h1-4,6H,5H2,(H2,11,13,14,15). The highest BCUT2D eigenvalue weighted by Crippen LogP contribution is 2.00. The number of rotatable bonds is 3. The summed E-state index contributed by atoms with van der Waals surface area (Å²) in [7, 11) is 0. The van der Waals surface area contributed by atoms with Gasteiger partial charge in [0.25, 0.3) is 0 Å². The van der Waals surface area contributed by atoms with Crippen molar-refractivity contribution in [2.75, 3.05) is 5.32 Å². The number of anilines is 1. The van der Waals surface area contributed by atoms with E-state index in [1.807, 2.05) is 12.1 Å². The molecule has 0 radical (unpaired) electrons. The van der Waals surface area contributed by atoms with Gasteiger partial charge in [-0.3, -0.25) is 4.98 Å². The van der Waals surface area contributed by atoms with Gasteiger partial charge in [0.05, 0.1) is 6.20 Å². The van der Waals surface area contributed by atoms with Crippen molar-refractivity contribution in [1.29, 1.82) is 0 Å². The van der Waals surface area contributed by atoms with Gasteiger partial charge in [-0.2, -0.15) is 10.1 Å². The maximum atomic E-state index is 10.8. The molecule has 0 saturated carbocycles. The second-order valence-electron chi connectivity index (χ2n) is 2.88. The molecule has 2 aromatic heterocycles. The zero-order valence-electron chi connectivity index (χ0n) is 7.84. The molecule has 6 nitrogen and oxygen atoms in total. The van der Waals surface area contributed by atoms with Crippen LogP contribution in [0.1, 0.15) is 5.56 Å². The highest BCUT2D eigenvalue weighted by molar-refractivity contribution is 5.30. The third-order valence-electron chi connectivity index (χ3n) is 1.79. The van der Waals surface area contributed by atoms with E-state index in [2.05, 4.69) is 25.5 Å². The lowest BCUT2D eigenvalue weighted by Gasteiger charge is -2.03. The number of hydrogen-bond donors (Lipinski definition) is 2. The van der Waals surface area contributed by atoms with Gasteiger partial charge in [-0.1, -0.05) is 0 Å². The van der Waals surface area contributed by atoms with Crippen LogP contribution in [0, 0.1) is 0 Å². The quantitative estimate of drug-likeness (QED) is 0.743. The molecule has 76 valence electrons. The van der Waals surface area contributed by atoms with Crippen molar-refractivity contribution >= 4 is 5.82 Å². The van der Waals surface area contributed by atoms with Crippen LogP contribution < -0.4 is 11.0 Å². The smallest absolute Gasteiger partial charge is 0.363 e. The molecule has 0 aromatic carbocycles. The fraction of sp³-hybridized carbons (Fsp3) is 0.111. The second-order valence-corrected chi connectivity index (χ2v) is 2.88. The Morgan fingerprint density at radius 1 is 1.33 bits per heavy atom. The lowest BCUT2D eigenvalue weighted by atomic mass is 10.3. The molecule has 0 unspecified atom stereocenters. The van der Waals surface area contributed by atoms with Crippen LogP contribution in [0.2, 0.25) is 0 Å². The van der Waals surface area contributed by atoms with Crippen LogP contribution in [-0.4, -0.2) is 20.2 Å². The Bertz CT molecular complexity index is 481. The Morgan fingerprint density at radius 2 is 2.13 bits per heavy atom. The first kappa shape index (κ1) is 9.32.